The molecule has 0 bridgehead atoms. The number of carbonyl (C=O) groups is 1. The Bertz CT molecular complexity index is 776. The van der Waals surface area contributed by atoms with Crippen molar-refractivity contribution in [3.63, 3.8) is 0 Å². The first-order chi connectivity index (χ1) is 11.8. The fourth-order valence-electron chi connectivity index (χ4n) is 1.98. The molecule has 0 saturated carbocycles. The molecule has 0 saturated heterocycles. The Morgan fingerprint density at radius 3 is 2.75 bits per heavy atom. The molecule has 4 nitrogen and oxygen atoms in total. The lowest BCUT2D eigenvalue weighted by Gasteiger charge is -2.03. The summed E-state index contributed by atoms with van der Waals surface area (Å²) < 4.78 is 5.29. The van der Waals surface area contributed by atoms with Gasteiger partial charge < -0.3 is 4.74 Å². The van der Waals surface area contributed by atoms with E-state index in [1.165, 1.54) is 0 Å². The first kappa shape index (κ1) is 16.7. The average molecular weight is 356 g/mol. The molecule has 0 aliphatic rings. The van der Waals surface area contributed by atoms with Crippen LogP contribution >= 0.6 is 23.1 Å². The van der Waals surface area contributed by atoms with E-state index < -0.39 is 0 Å². The quantitative estimate of drug-likeness (QED) is 0.463. The topological polar surface area (TPSA) is 52.1 Å². The highest BCUT2D eigenvalue weighted by Gasteiger charge is 2.08. The summed E-state index contributed by atoms with van der Waals surface area (Å²) in [5.41, 5.74) is 1.86. The van der Waals surface area contributed by atoms with Crippen molar-refractivity contribution in [1.82, 2.24) is 9.97 Å². The van der Waals surface area contributed by atoms with Crippen LogP contribution in [0, 0.1) is 0 Å². The van der Waals surface area contributed by atoms with Gasteiger partial charge in [0.25, 0.3) is 0 Å². The summed E-state index contributed by atoms with van der Waals surface area (Å²) >= 11 is 3.10. The van der Waals surface area contributed by atoms with E-state index in [0.717, 1.165) is 21.3 Å². The number of hydrogen-bond acceptors (Lipinski definition) is 6. The standard InChI is InChI=1S/C18H16N2O2S2/c21-17(9-11-23-16-8-4-5-10-19-16)22-12-15-13-24-18(20-15)14-6-2-1-3-7-14/h1-8,10,13H,9,11-12H2. The number of hydrogen-bond donors (Lipinski definition) is 0. The van der Waals surface area contributed by atoms with Crippen LogP contribution in [0.2, 0.25) is 0 Å². The molecule has 0 radical (unpaired) electrons. The van der Waals surface area contributed by atoms with Gasteiger partial charge in [0.2, 0.25) is 0 Å². The number of ether oxygens (including phenoxy) is 1. The van der Waals surface area contributed by atoms with Crippen molar-refractivity contribution >= 4 is 29.1 Å². The van der Waals surface area contributed by atoms with Crippen LogP contribution in [0.5, 0.6) is 0 Å². The van der Waals surface area contributed by atoms with E-state index in [1.54, 1.807) is 29.3 Å². The molecule has 0 unspecified atom stereocenters. The summed E-state index contributed by atoms with van der Waals surface area (Å²) in [5.74, 6) is 0.440. The molecule has 2 heterocycles. The molecule has 0 fully saturated rings. The molecule has 3 rings (SSSR count). The molecule has 24 heavy (non-hydrogen) atoms. The van der Waals surface area contributed by atoms with E-state index >= 15 is 0 Å². The minimum Gasteiger partial charge on any atom is -0.459 e. The molecule has 0 aliphatic heterocycles. The number of rotatable bonds is 7. The maximum absolute atomic E-state index is 11.8. The van der Waals surface area contributed by atoms with E-state index in [2.05, 4.69) is 9.97 Å². The van der Waals surface area contributed by atoms with Crippen molar-refractivity contribution in [2.45, 2.75) is 18.1 Å². The Morgan fingerprint density at radius 1 is 1.12 bits per heavy atom. The van der Waals surface area contributed by atoms with Crippen molar-refractivity contribution < 1.29 is 9.53 Å². The highest BCUT2D eigenvalue weighted by molar-refractivity contribution is 7.99. The molecule has 0 aliphatic carbocycles. The van der Waals surface area contributed by atoms with E-state index in [0.29, 0.717) is 12.2 Å². The molecule has 0 atom stereocenters. The lowest BCUT2D eigenvalue weighted by atomic mass is 10.2. The largest absolute Gasteiger partial charge is 0.459 e. The van der Waals surface area contributed by atoms with Gasteiger partial charge >= 0.3 is 5.97 Å². The Labute approximate surface area is 148 Å². The first-order valence-corrected chi connectivity index (χ1v) is 9.37. The third-order valence-corrected chi connectivity index (χ3v) is 5.03. The van der Waals surface area contributed by atoms with Gasteiger partial charge in [-0.05, 0) is 12.1 Å². The van der Waals surface area contributed by atoms with Gasteiger partial charge in [0.1, 0.15) is 11.6 Å². The molecule has 0 N–H and O–H groups in total. The zero-order valence-corrected chi connectivity index (χ0v) is 14.6. The van der Waals surface area contributed by atoms with Crippen LogP contribution in [0.25, 0.3) is 10.6 Å². The molecule has 2 aromatic heterocycles. The number of carbonyl (C=O) groups excluding carboxylic acids is 1. The van der Waals surface area contributed by atoms with Crippen LogP contribution in [-0.2, 0) is 16.1 Å². The molecule has 0 amide bonds. The number of esters is 1. The molecule has 1 aromatic carbocycles. The fourth-order valence-corrected chi connectivity index (χ4v) is 3.58. The third kappa shape index (κ3) is 4.91. The van der Waals surface area contributed by atoms with Crippen molar-refractivity contribution in [2.24, 2.45) is 0 Å². The number of pyridine rings is 1. The van der Waals surface area contributed by atoms with E-state index in [9.17, 15) is 4.79 Å². The van der Waals surface area contributed by atoms with Crippen LogP contribution in [0.15, 0.2) is 65.1 Å². The maximum Gasteiger partial charge on any atom is 0.307 e. The molecule has 0 spiro atoms. The zero-order valence-electron chi connectivity index (χ0n) is 12.9. The second-order valence-corrected chi connectivity index (χ2v) is 6.91. The summed E-state index contributed by atoms with van der Waals surface area (Å²) in [6, 6.07) is 15.7. The number of thiazole rings is 1. The maximum atomic E-state index is 11.8. The predicted molar refractivity (Wildman–Crippen MR) is 96.9 cm³/mol. The van der Waals surface area contributed by atoms with Gasteiger partial charge in [-0.1, -0.05) is 36.4 Å². The van der Waals surface area contributed by atoms with Crippen molar-refractivity contribution in [1.29, 1.82) is 0 Å². The summed E-state index contributed by atoms with van der Waals surface area (Å²) in [5, 5.41) is 3.78. The average Bonchev–Trinajstić information content (AvgIpc) is 3.11. The predicted octanol–water partition coefficient (Wildman–Crippen LogP) is 4.43. The van der Waals surface area contributed by atoms with Crippen molar-refractivity contribution in [3.05, 3.63) is 65.8 Å². The normalized spacial score (nSPS) is 10.5. The summed E-state index contributed by atoms with van der Waals surface area (Å²) in [6.07, 6.45) is 2.10. The van der Waals surface area contributed by atoms with Crippen LogP contribution < -0.4 is 0 Å². The smallest absolute Gasteiger partial charge is 0.307 e. The summed E-state index contributed by atoms with van der Waals surface area (Å²) in [6.45, 7) is 0.219. The summed E-state index contributed by atoms with van der Waals surface area (Å²) in [7, 11) is 0. The molecular weight excluding hydrogens is 340 g/mol. The highest BCUT2D eigenvalue weighted by atomic mass is 32.2. The fraction of sp³-hybridized carbons (Fsp3) is 0.167. The Balaban J connectivity index is 1.42. The van der Waals surface area contributed by atoms with Crippen molar-refractivity contribution in [3.8, 4) is 10.6 Å². The number of nitrogens with zero attached hydrogens (tertiary/aromatic N) is 2. The first-order valence-electron chi connectivity index (χ1n) is 7.50. The van der Waals surface area contributed by atoms with E-state index in [-0.39, 0.29) is 12.6 Å². The number of thioether (sulfide) groups is 1. The van der Waals surface area contributed by atoms with Gasteiger partial charge in [0.05, 0.1) is 17.1 Å². The Hall–Kier alpha value is -2.18. The lowest BCUT2D eigenvalue weighted by Crippen LogP contribution is -2.05. The van der Waals surface area contributed by atoms with Gasteiger partial charge in [-0.3, -0.25) is 4.79 Å². The monoisotopic (exact) mass is 356 g/mol. The lowest BCUT2D eigenvalue weighted by molar-refractivity contribution is -0.144. The van der Waals surface area contributed by atoms with Crippen LogP contribution in [0.4, 0.5) is 0 Å². The minimum absolute atomic E-state index is 0.215. The second-order valence-electron chi connectivity index (χ2n) is 4.94. The molecular formula is C18H16N2O2S2. The van der Waals surface area contributed by atoms with Gasteiger partial charge in [-0.2, -0.15) is 0 Å². The van der Waals surface area contributed by atoms with Crippen LogP contribution in [0.1, 0.15) is 12.1 Å². The zero-order chi connectivity index (χ0) is 16.6. The van der Waals surface area contributed by atoms with Gasteiger partial charge in [0, 0.05) is 22.9 Å². The van der Waals surface area contributed by atoms with Crippen molar-refractivity contribution in [2.75, 3.05) is 5.75 Å². The highest BCUT2D eigenvalue weighted by Crippen LogP contribution is 2.23. The van der Waals surface area contributed by atoms with E-state index in [1.807, 2.05) is 53.9 Å². The number of aromatic nitrogens is 2. The minimum atomic E-state index is -0.215. The van der Waals surface area contributed by atoms with Gasteiger partial charge in [-0.15, -0.1) is 23.1 Å². The van der Waals surface area contributed by atoms with E-state index in [4.69, 9.17) is 4.74 Å². The molecule has 3 aromatic rings. The molecule has 122 valence electrons. The Morgan fingerprint density at radius 2 is 1.96 bits per heavy atom. The molecule has 6 heteroatoms. The number of benzene rings is 1. The van der Waals surface area contributed by atoms with Crippen LogP contribution in [-0.4, -0.2) is 21.7 Å². The van der Waals surface area contributed by atoms with Crippen LogP contribution in [0.3, 0.4) is 0 Å². The second kappa shape index (κ2) is 8.61. The van der Waals surface area contributed by atoms with Gasteiger partial charge in [0.15, 0.2) is 0 Å². The SMILES string of the molecule is O=C(CCSc1ccccn1)OCc1csc(-c2ccccc2)n1. The summed E-state index contributed by atoms with van der Waals surface area (Å²) in [4.78, 5) is 20.5. The van der Waals surface area contributed by atoms with Gasteiger partial charge in [-0.25, -0.2) is 9.97 Å². The third-order valence-electron chi connectivity index (χ3n) is 3.15. The Kier molecular flexibility index (Phi) is 5.98.